The molecule has 0 aliphatic carbocycles. The summed E-state index contributed by atoms with van der Waals surface area (Å²) in [7, 11) is 0. The summed E-state index contributed by atoms with van der Waals surface area (Å²) in [5.41, 5.74) is -2.38. The summed E-state index contributed by atoms with van der Waals surface area (Å²) < 4.78 is 62.1. The van der Waals surface area contributed by atoms with Gasteiger partial charge in [0.05, 0.1) is 0 Å². The maximum absolute atomic E-state index is 12.9. The van der Waals surface area contributed by atoms with E-state index in [1.54, 1.807) is 0 Å². The number of hydrogen-bond donors (Lipinski definition) is 3. The zero-order chi connectivity index (χ0) is 19.7. The molecule has 0 aromatic carbocycles. The number of aliphatic carboxylic acids is 2. The molecule has 5 nitrogen and oxygen atoms in total. The SMILES string of the molecule is O=C(O)C(CCCCCCCO)(CCCC(F)(F)C(F)(F)F)C(=O)O. The van der Waals surface area contributed by atoms with E-state index in [0.29, 0.717) is 25.7 Å². The molecule has 0 aliphatic heterocycles. The van der Waals surface area contributed by atoms with Crippen LogP contribution < -0.4 is 0 Å². The minimum absolute atomic E-state index is 0.00159. The number of aliphatic hydroxyl groups is 1. The Kier molecular flexibility index (Phi) is 9.31. The van der Waals surface area contributed by atoms with E-state index in [1.807, 2.05) is 0 Å². The second-order valence-electron chi connectivity index (χ2n) is 5.99. The van der Waals surface area contributed by atoms with Gasteiger partial charge in [-0.05, 0) is 25.7 Å². The van der Waals surface area contributed by atoms with Crippen molar-refractivity contribution in [3.05, 3.63) is 0 Å². The Hall–Kier alpha value is -1.45. The number of carbonyl (C=O) groups is 2. The summed E-state index contributed by atoms with van der Waals surface area (Å²) >= 11 is 0. The predicted octanol–water partition coefficient (Wildman–Crippen LogP) is 3.84. The molecule has 3 N–H and O–H groups in total. The molecule has 148 valence electrons. The molecule has 0 fully saturated rings. The molecule has 0 saturated carbocycles. The molecule has 10 heteroatoms. The highest BCUT2D eigenvalue weighted by Gasteiger charge is 2.57. The molecule has 0 heterocycles. The molecular formula is C15H23F5O5. The molecule has 0 spiro atoms. The van der Waals surface area contributed by atoms with Crippen molar-refractivity contribution in [2.24, 2.45) is 5.41 Å². The third-order valence-electron chi connectivity index (χ3n) is 4.09. The third kappa shape index (κ3) is 7.13. The highest BCUT2D eigenvalue weighted by molar-refractivity contribution is 5.98. The molecule has 0 bridgehead atoms. The fraction of sp³-hybridized carbons (Fsp3) is 0.867. The van der Waals surface area contributed by atoms with Crippen molar-refractivity contribution >= 4 is 11.9 Å². The zero-order valence-electron chi connectivity index (χ0n) is 13.6. The molecule has 25 heavy (non-hydrogen) atoms. The van der Waals surface area contributed by atoms with Gasteiger partial charge < -0.3 is 15.3 Å². The topological polar surface area (TPSA) is 94.8 Å². The average molecular weight is 378 g/mol. The fourth-order valence-corrected chi connectivity index (χ4v) is 2.47. The number of carboxylic acid groups (broad SMARTS) is 2. The van der Waals surface area contributed by atoms with Gasteiger partial charge in [-0.25, -0.2) is 0 Å². The van der Waals surface area contributed by atoms with Gasteiger partial charge in [-0.15, -0.1) is 0 Å². The highest BCUT2D eigenvalue weighted by Crippen LogP contribution is 2.41. The van der Waals surface area contributed by atoms with Crippen molar-refractivity contribution in [3.63, 3.8) is 0 Å². The summed E-state index contributed by atoms with van der Waals surface area (Å²) in [4.78, 5) is 22.7. The van der Waals surface area contributed by atoms with Crippen LogP contribution in [0, 0.1) is 5.41 Å². The largest absolute Gasteiger partial charge is 0.480 e. The number of aliphatic hydroxyl groups excluding tert-OH is 1. The quantitative estimate of drug-likeness (QED) is 0.257. The third-order valence-corrected chi connectivity index (χ3v) is 4.09. The molecule has 0 aromatic rings. The molecule has 0 rings (SSSR count). The van der Waals surface area contributed by atoms with Crippen LogP contribution in [0.5, 0.6) is 0 Å². The van der Waals surface area contributed by atoms with E-state index in [-0.39, 0.29) is 19.4 Å². The Bertz CT molecular complexity index is 423. The number of alkyl halides is 5. The van der Waals surface area contributed by atoms with E-state index in [1.165, 1.54) is 0 Å². The van der Waals surface area contributed by atoms with Crippen molar-refractivity contribution in [1.82, 2.24) is 0 Å². The standard InChI is InChI=1S/C15H23F5O5/c16-14(17,15(18,19)20)9-6-8-13(11(22)23,12(24)25)7-4-2-1-3-5-10-21/h21H,1-10H2,(H,22,23)(H,24,25). The molecular weight excluding hydrogens is 355 g/mol. The van der Waals surface area contributed by atoms with Crippen molar-refractivity contribution in [3.8, 4) is 0 Å². The van der Waals surface area contributed by atoms with Crippen molar-refractivity contribution in [2.45, 2.75) is 69.9 Å². The van der Waals surface area contributed by atoms with Gasteiger partial charge in [0.1, 0.15) is 0 Å². The second kappa shape index (κ2) is 9.88. The lowest BCUT2D eigenvalue weighted by Gasteiger charge is -2.26. The molecule has 0 aliphatic rings. The maximum atomic E-state index is 12.9. The van der Waals surface area contributed by atoms with Crippen molar-refractivity contribution in [2.75, 3.05) is 6.61 Å². The monoisotopic (exact) mass is 378 g/mol. The Balaban J connectivity index is 4.78. The molecule has 0 unspecified atom stereocenters. The summed E-state index contributed by atoms with van der Waals surface area (Å²) in [6.45, 7) is 0.00159. The Morgan fingerprint density at radius 3 is 1.56 bits per heavy atom. The summed E-state index contributed by atoms with van der Waals surface area (Å²) in [5, 5.41) is 27.0. The molecule has 0 atom stereocenters. The zero-order valence-corrected chi connectivity index (χ0v) is 13.6. The lowest BCUT2D eigenvalue weighted by Crippen LogP contribution is -2.41. The minimum Gasteiger partial charge on any atom is -0.480 e. The smallest absolute Gasteiger partial charge is 0.453 e. The molecule has 0 aromatic heterocycles. The average Bonchev–Trinajstić information content (AvgIpc) is 2.46. The number of unbranched alkanes of at least 4 members (excludes halogenated alkanes) is 4. The van der Waals surface area contributed by atoms with Crippen LogP contribution in [0.25, 0.3) is 0 Å². The van der Waals surface area contributed by atoms with Crippen LogP contribution in [0.3, 0.4) is 0 Å². The molecule has 0 radical (unpaired) electrons. The first kappa shape index (κ1) is 23.5. The number of hydrogen-bond acceptors (Lipinski definition) is 3. The Morgan fingerprint density at radius 1 is 0.680 bits per heavy atom. The van der Waals surface area contributed by atoms with Crippen LogP contribution >= 0.6 is 0 Å². The van der Waals surface area contributed by atoms with Crippen LogP contribution in [0.1, 0.15) is 57.8 Å². The van der Waals surface area contributed by atoms with E-state index < -0.39 is 48.7 Å². The number of halogens is 5. The van der Waals surface area contributed by atoms with Crippen LogP contribution in [-0.4, -0.2) is 46.0 Å². The van der Waals surface area contributed by atoms with Gasteiger partial charge in [-0.3, -0.25) is 9.59 Å². The van der Waals surface area contributed by atoms with Crippen LogP contribution in [0.2, 0.25) is 0 Å². The first-order valence-corrected chi connectivity index (χ1v) is 7.93. The molecule has 0 amide bonds. The van der Waals surface area contributed by atoms with E-state index in [4.69, 9.17) is 5.11 Å². The lowest BCUT2D eigenvalue weighted by molar-refractivity contribution is -0.284. The highest BCUT2D eigenvalue weighted by atomic mass is 19.4. The number of carboxylic acids is 2. The predicted molar refractivity (Wildman–Crippen MR) is 77.3 cm³/mol. The maximum Gasteiger partial charge on any atom is 0.453 e. The summed E-state index contributed by atoms with van der Waals surface area (Å²) in [6, 6.07) is 0. The first-order chi connectivity index (χ1) is 11.4. The van der Waals surface area contributed by atoms with Gasteiger partial charge in [0.25, 0.3) is 0 Å². The van der Waals surface area contributed by atoms with E-state index in [9.17, 15) is 41.8 Å². The van der Waals surface area contributed by atoms with Crippen LogP contribution in [0.4, 0.5) is 22.0 Å². The van der Waals surface area contributed by atoms with E-state index >= 15 is 0 Å². The van der Waals surface area contributed by atoms with Gasteiger partial charge in [0, 0.05) is 13.0 Å². The first-order valence-electron chi connectivity index (χ1n) is 7.93. The van der Waals surface area contributed by atoms with Crippen LogP contribution in [-0.2, 0) is 9.59 Å². The van der Waals surface area contributed by atoms with Gasteiger partial charge in [0.2, 0.25) is 0 Å². The van der Waals surface area contributed by atoms with Gasteiger partial charge in [-0.2, -0.15) is 22.0 Å². The lowest BCUT2D eigenvalue weighted by atomic mass is 9.77. The molecule has 0 saturated heterocycles. The van der Waals surface area contributed by atoms with Gasteiger partial charge in [0.15, 0.2) is 5.41 Å². The normalized spacial score (nSPS) is 13.0. The van der Waals surface area contributed by atoms with E-state index in [0.717, 1.165) is 0 Å². The van der Waals surface area contributed by atoms with E-state index in [2.05, 4.69) is 0 Å². The second-order valence-corrected chi connectivity index (χ2v) is 5.99. The Morgan fingerprint density at radius 2 is 1.12 bits per heavy atom. The van der Waals surface area contributed by atoms with Crippen molar-refractivity contribution in [1.29, 1.82) is 0 Å². The van der Waals surface area contributed by atoms with Crippen LogP contribution in [0.15, 0.2) is 0 Å². The Labute approximate surface area is 141 Å². The summed E-state index contributed by atoms with van der Waals surface area (Å²) in [6.07, 6.45) is -6.95. The minimum atomic E-state index is -5.76. The fourth-order valence-electron chi connectivity index (χ4n) is 2.47. The van der Waals surface area contributed by atoms with Gasteiger partial charge in [-0.1, -0.05) is 25.7 Å². The summed E-state index contributed by atoms with van der Waals surface area (Å²) in [5.74, 6) is -8.48. The van der Waals surface area contributed by atoms with Crippen molar-refractivity contribution < 1.29 is 46.9 Å². The number of rotatable bonds is 13. The van der Waals surface area contributed by atoms with Gasteiger partial charge >= 0.3 is 24.0 Å².